The molecule has 1 amide bonds. The summed E-state index contributed by atoms with van der Waals surface area (Å²) in [6, 6.07) is 5.50. The first-order valence-electron chi connectivity index (χ1n) is 5.00. The molecule has 0 heterocycles. The average Bonchev–Trinajstić information content (AvgIpc) is 2.22. The van der Waals surface area contributed by atoms with Gasteiger partial charge in [-0.1, -0.05) is 17.7 Å². The molecule has 0 saturated carbocycles. The summed E-state index contributed by atoms with van der Waals surface area (Å²) < 4.78 is 0. The molecule has 0 radical (unpaired) electrons. The molecule has 0 spiro atoms. The molecule has 1 aromatic rings. The summed E-state index contributed by atoms with van der Waals surface area (Å²) in [4.78, 5) is 11.8. The SMILES string of the molecule is Cc1ccc(NC(=O)C(C)(C)CCl)c(Cl)c1. The Bertz CT molecular complexity index is 402. The zero-order valence-corrected chi connectivity index (χ0v) is 11.1. The van der Waals surface area contributed by atoms with Crippen molar-refractivity contribution in [1.29, 1.82) is 0 Å². The fourth-order valence-corrected chi connectivity index (χ4v) is 1.48. The van der Waals surface area contributed by atoms with Gasteiger partial charge in [0.15, 0.2) is 0 Å². The predicted octanol–water partition coefficient (Wildman–Crippen LogP) is 3.85. The molecule has 4 heteroatoms. The Morgan fingerprint density at radius 3 is 2.56 bits per heavy atom. The Morgan fingerprint density at radius 1 is 1.44 bits per heavy atom. The van der Waals surface area contributed by atoms with Gasteiger partial charge in [-0.05, 0) is 38.5 Å². The third-order valence-corrected chi connectivity index (χ3v) is 3.30. The number of hydrogen-bond donors (Lipinski definition) is 1. The average molecular weight is 260 g/mol. The molecule has 1 N–H and O–H groups in total. The van der Waals surface area contributed by atoms with Crippen molar-refractivity contribution in [2.75, 3.05) is 11.2 Å². The number of anilines is 1. The molecule has 0 aliphatic heterocycles. The fraction of sp³-hybridized carbons (Fsp3) is 0.417. The van der Waals surface area contributed by atoms with Crippen LogP contribution in [0.25, 0.3) is 0 Å². The van der Waals surface area contributed by atoms with Crippen molar-refractivity contribution in [3.63, 3.8) is 0 Å². The Labute approximate surface area is 106 Å². The third kappa shape index (κ3) is 3.13. The lowest BCUT2D eigenvalue weighted by molar-refractivity contribution is -0.122. The van der Waals surface area contributed by atoms with E-state index in [4.69, 9.17) is 23.2 Å². The summed E-state index contributed by atoms with van der Waals surface area (Å²) in [5, 5.41) is 3.31. The number of aryl methyl sites for hydroxylation is 1. The van der Waals surface area contributed by atoms with Gasteiger partial charge in [-0.2, -0.15) is 0 Å². The first kappa shape index (κ1) is 13.3. The third-order valence-electron chi connectivity index (χ3n) is 2.32. The number of halogens is 2. The molecular weight excluding hydrogens is 245 g/mol. The Hall–Kier alpha value is -0.730. The zero-order valence-electron chi connectivity index (χ0n) is 9.60. The number of hydrogen-bond acceptors (Lipinski definition) is 1. The first-order valence-corrected chi connectivity index (χ1v) is 5.91. The number of rotatable bonds is 3. The normalized spacial score (nSPS) is 11.3. The summed E-state index contributed by atoms with van der Waals surface area (Å²) in [5.74, 6) is 0.135. The van der Waals surface area contributed by atoms with E-state index in [1.54, 1.807) is 19.9 Å². The van der Waals surface area contributed by atoms with Gasteiger partial charge in [-0.15, -0.1) is 11.6 Å². The molecule has 2 nitrogen and oxygen atoms in total. The van der Waals surface area contributed by atoms with Crippen LogP contribution in [-0.4, -0.2) is 11.8 Å². The minimum atomic E-state index is -0.601. The van der Waals surface area contributed by atoms with Crippen LogP contribution in [0.4, 0.5) is 5.69 Å². The highest BCUT2D eigenvalue weighted by atomic mass is 35.5. The molecule has 0 atom stereocenters. The number of benzene rings is 1. The summed E-state index contributed by atoms with van der Waals surface area (Å²) >= 11 is 11.7. The molecule has 0 aliphatic carbocycles. The maximum atomic E-state index is 11.8. The van der Waals surface area contributed by atoms with Crippen LogP contribution < -0.4 is 5.32 Å². The lowest BCUT2D eigenvalue weighted by atomic mass is 9.95. The smallest absolute Gasteiger partial charge is 0.231 e. The molecule has 0 unspecified atom stereocenters. The summed E-state index contributed by atoms with van der Waals surface area (Å²) in [6.07, 6.45) is 0. The van der Waals surface area contributed by atoms with Crippen LogP contribution in [-0.2, 0) is 4.79 Å². The highest BCUT2D eigenvalue weighted by Crippen LogP contribution is 2.26. The summed E-state index contributed by atoms with van der Waals surface area (Å²) in [7, 11) is 0. The summed E-state index contributed by atoms with van der Waals surface area (Å²) in [5.41, 5.74) is 1.07. The molecule has 0 bridgehead atoms. The molecule has 88 valence electrons. The van der Waals surface area contributed by atoms with Crippen molar-refractivity contribution in [3.8, 4) is 0 Å². The van der Waals surface area contributed by atoms with E-state index >= 15 is 0 Å². The number of carbonyl (C=O) groups is 1. The van der Waals surface area contributed by atoms with Crippen LogP contribution in [0.3, 0.4) is 0 Å². The van der Waals surface area contributed by atoms with E-state index < -0.39 is 5.41 Å². The second kappa shape index (κ2) is 5.07. The molecule has 1 aromatic carbocycles. The van der Waals surface area contributed by atoms with Crippen LogP contribution in [0, 0.1) is 12.3 Å². The second-order valence-electron chi connectivity index (χ2n) is 4.45. The minimum absolute atomic E-state index is 0.131. The van der Waals surface area contributed by atoms with Gasteiger partial charge in [0, 0.05) is 5.88 Å². The minimum Gasteiger partial charge on any atom is -0.324 e. The van der Waals surface area contributed by atoms with Crippen LogP contribution in [0.5, 0.6) is 0 Å². The highest BCUT2D eigenvalue weighted by Gasteiger charge is 2.26. The quantitative estimate of drug-likeness (QED) is 0.821. The maximum absolute atomic E-state index is 11.8. The van der Waals surface area contributed by atoms with E-state index in [-0.39, 0.29) is 11.8 Å². The van der Waals surface area contributed by atoms with Crippen molar-refractivity contribution >= 4 is 34.8 Å². The fourth-order valence-electron chi connectivity index (χ4n) is 1.07. The lowest BCUT2D eigenvalue weighted by Gasteiger charge is -2.20. The van der Waals surface area contributed by atoms with Gasteiger partial charge in [0.2, 0.25) is 5.91 Å². The van der Waals surface area contributed by atoms with Crippen LogP contribution in [0.15, 0.2) is 18.2 Å². The zero-order chi connectivity index (χ0) is 12.3. The van der Waals surface area contributed by atoms with Crippen molar-refractivity contribution in [2.45, 2.75) is 20.8 Å². The van der Waals surface area contributed by atoms with Crippen LogP contribution in [0.1, 0.15) is 19.4 Å². The van der Waals surface area contributed by atoms with Gasteiger partial charge in [0.1, 0.15) is 0 Å². The molecule has 0 aromatic heterocycles. The first-order chi connectivity index (χ1) is 7.36. The summed E-state index contributed by atoms with van der Waals surface area (Å²) in [6.45, 7) is 5.52. The van der Waals surface area contributed by atoms with Gasteiger partial charge in [-0.25, -0.2) is 0 Å². The Morgan fingerprint density at radius 2 is 2.06 bits per heavy atom. The number of alkyl halides is 1. The standard InChI is InChI=1S/C12H15Cl2NO/c1-8-4-5-10(9(14)6-8)15-11(16)12(2,3)7-13/h4-6H,7H2,1-3H3,(H,15,16). The largest absolute Gasteiger partial charge is 0.324 e. The molecular formula is C12H15Cl2NO. The number of carbonyl (C=O) groups excluding carboxylic acids is 1. The number of amides is 1. The van der Waals surface area contributed by atoms with Crippen molar-refractivity contribution in [2.24, 2.45) is 5.41 Å². The predicted molar refractivity (Wildman–Crippen MR) is 69.3 cm³/mol. The monoisotopic (exact) mass is 259 g/mol. The van der Waals surface area contributed by atoms with Gasteiger partial charge < -0.3 is 5.32 Å². The van der Waals surface area contributed by atoms with E-state index in [2.05, 4.69) is 5.32 Å². The van der Waals surface area contributed by atoms with Crippen LogP contribution >= 0.6 is 23.2 Å². The lowest BCUT2D eigenvalue weighted by Crippen LogP contribution is -2.32. The maximum Gasteiger partial charge on any atom is 0.231 e. The Kier molecular flexibility index (Phi) is 4.22. The van der Waals surface area contributed by atoms with E-state index in [0.717, 1.165) is 5.56 Å². The van der Waals surface area contributed by atoms with E-state index in [1.165, 1.54) is 0 Å². The second-order valence-corrected chi connectivity index (χ2v) is 5.13. The molecule has 0 fully saturated rings. The van der Waals surface area contributed by atoms with Gasteiger partial charge in [-0.3, -0.25) is 4.79 Å². The van der Waals surface area contributed by atoms with Crippen molar-refractivity contribution in [3.05, 3.63) is 28.8 Å². The van der Waals surface area contributed by atoms with Crippen LogP contribution in [0.2, 0.25) is 5.02 Å². The van der Waals surface area contributed by atoms with E-state index in [1.807, 2.05) is 19.1 Å². The van der Waals surface area contributed by atoms with Gasteiger partial charge in [0.25, 0.3) is 0 Å². The molecule has 1 rings (SSSR count). The molecule has 16 heavy (non-hydrogen) atoms. The highest BCUT2D eigenvalue weighted by molar-refractivity contribution is 6.33. The Balaban J connectivity index is 2.85. The van der Waals surface area contributed by atoms with Gasteiger partial charge in [0.05, 0.1) is 16.1 Å². The van der Waals surface area contributed by atoms with Gasteiger partial charge >= 0.3 is 0 Å². The molecule has 0 aliphatic rings. The van der Waals surface area contributed by atoms with Crippen molar-refractivity contribution < 1.29 is 4.79 Å². The topological polar surface area (TPSA) is 29.1 Å². The van der Waals surface area contributed by atoms with E-state index in [9.17, 15) is 4.79 Å². The number of nitrogens with one attached hydrogen (secondary N) is 1. The van der Waals surface area contributed by atoms with E-state index in [0.29, 0.717) is 10.7 Å². The van der Waals surface area contributed by atoms with Crippen molar-refractivity contribution in [1.82, 2.24) is 0 Å². The molecule has 0 saturated heterocycles.